The van der Waals surface area contributed by atoms with E-state index in [2.05, 4.69) is 15.5 Å². The van der Waals surface area contributed by atoms with E-state index in [1.54, 1.807) is 18.2 Å². The molecule has 134 valence electrons. The first-order chi connectivity index (χ1) is 13.1. The van der Waals surface area contributed by atoms with Gasteiger partial charge in [0, 0.05) is 5.02 Å². The first-order valence-electron chi connectivity index (χ1n) is 8.15. The average Bonchev–Trinajstić information content (AvgIpc) is 3.09. The molecule has 4 rings (SSSR count). The van der Waals surface area contributed by atoms with Crippen molar-refractivity contribution in [3.05, 3.63) is 76.3 Å². The van der Waals surface area contributed by atoms with Gasteiger partial charge in [-0.05, 0) is 34.5 Å². The lowest BCUT2D eigenvalue weighted by atomic mass is 10.1. The lowest BCUT2D eigenvalue weighted by Crippen LogP contribution is -2.14. The molecule has 1 amide bonds. The molecule has 0 radical (unpaired) electrons. The Kier molecular flexibility index (Phi) is 4.79. The Morgan fingerprint density at radius 1 is 0.963 bits per heavy atom. The topological polar surface area (TPSA) is 68.0 Å². The lowest BCUT2D eigenvalue weighted by molar-refractivity contribution is -0.115. The average molecular weight is 398 g/mol. The smallest absolute Gasteiger partial charge is 0.322 e. The molecule has 1 heterocycles. The summed E-state index contributed by atoms with van der Waals surface area (Å²) < 4.78 is 5.49. The van der Waals surface area contributed by atoms with E-state index < -0.39 is 0 Å². The Morgan fingerprint density at radius 2 is 1.78 bits per heavy atom. The predicted molar refractivity (Wildman–Crippen MR) is 106 cm³/mol. The third kappa shape index (κ3) is 3.94. The molecule has 0 aliphatic heterocycles. The molecule has 3 aromatic carbocycles. The van der Waals surface area contributed by atoms with Gasteiger partial charge in [0.2, 0.25) is 5.91 Å². The maximum Gasteiger partial charge on any atom is 0.322 e. The molecule has 0 bridgehead atoms. The Balaban J connectivity index is 1.47. The van der Waals surface area contributed by atoms with Gasteiger partial charge in [0.1, 0.15) is 0 Å². The summed E-state index contributed by atoms with van der Waals surface area (Å²) in [7, 11) is 0. The summed E-state index contributed by atoms with van der Waals surface area (Å²) in [5.41, 5.74) is 1.44. The molecule has 0 spiro atoms. The maximum absolute atomic E-state index is 12.3. The molecule has 0 fully saturated rings. The second kappa shape index (κ2) is 7.39. The number of amides is 1. The van der Waals surface area contributed by atoms with Gasteiger partial charge < -0.3 is 4.42 Å². The SMILES string of the molecule is O=C(Cc1ccc2ccccc2c1)Nc1nnc(-c2ccc(Cl)cc2Cl)o1. The fourth-order valence-corrected chi connectivity index (χ4v) is 3.23. The van der Waals surface area contributed by atoms with Crippen molar-refractivity contribution in [1.82, 2.24) is 10.2 Å². The summed E-state index contributed by atoms with van der Waals surface area (Å²) >= 11 is 12.0. The minimum atomic E-state index is -0.248. The van der Waals surface area contributed by atoms with Crippen LogP contribution in [0.2, 0.25) is 10.0 Å². The number of nitrogens with one attached hydrogen (secondary N) is 1. The second-order valence-corrected chi connectivity index (χ2v) is 6.79. The zero-order valence-corrected chi connectivity index (χ0v) is 15.5. The summed E-state index contributed by atoms with van der Waals surface area (Å²) in [5.74, 6) is -0.0413. The van der Waals surface area contributed by atoms with Gasteiger partial charge in [0.25, 0.3) is 5.89 Å². The summed E-state index contributed by atoms with van der Waals surface area (Å²) in [6.45, 7) is 0. The van der Waals surface area contributed by atoms with Gasteiger partial charge in [0.05, 0.1) is 17.0 Å². The van der Waals surface area contributed by atoms with E-state index in [9.17, 15) is 4.79 Å². The molecule has 0 saturated heterocycles. The highest BCUT2D eigenvalue weighted by atomic mass is 35.5. The molecule has 1 N–H and O–H groups in total. The van der Waals surface area contributed by atoms with Crippen LogP contribution >= 0.6 is 23.2 Å². The van der Waals surface area contributed by atoms with Gasteiger partial charge in [-0.1, -0.05) is 70.8 Å². The Hall–Kier alpha value is -2.89. The first kappa shape index (κ1) is 17.5. The number of carbonyl (C=O) groups is 1. The fourth-order valence-electron chi connectivity index (χ4n) is 2.74. The number of halogens is 2. The van der Waals surface area contributed by atoms with Crippen molar-refractivity contribution < 1.29 is 9.21 Å². The number of aromatic nitrogens is 2. The quantitative estimate of drug-likeness (QED) is 0.501. The number of nitrogens with zero attached hydrogens (tertiary/aromatic N) is 2. The summed E-state index contributed by atoms with van der Waals surface area (Å²) in [4.78, 5) is 12.3. The van der Waals surface area contributed by atoms with Gasteiger partial charge >= 0.3 is 6.01 Å². The summed E-state index contributed by atoms with van der Waals surface area (Å²) in [5, 5.41) is 13.5. The normalized spacial score (nSPS) is 10.9. The van der Waals surface area contributed by atoms with E-state index in [1.807, 2.05) is 42.5 Å². The van der Waals surface area contributed by atoms with Gasteiger partial charge in [-0.15, -0.1) is 5.10 Å². The van der Waals surface area contributed by atoms with Crippen molar-refractivity contribution in [2.24, 2.45) is 0 Å². The van der Waals surface area contributed by atoms with E-state index in [0.29, 0.717) is 15.6 Å². The molecule has 1 aromatic heterocycles. The Labute approximate surface area is 164 Å². The van der Waals surface area contributed by atoms with Crippen LogP contribution in [-0.2, 0) is 11.2 Å². The van der Waals surface area contributed by atoms with Gasteiger partial charge in [-0.3, -0.25) is 10.1 Å². The van der Waals surface area contributed by atoms with Crippen LogP contribution < -0.4 is 5.32 Å². The highest BCUT2D eigenvalue weighted by Crippen LogP contribution is 2.30. The zero-order chi connectivity index (χ0) is 18.8. The molecular formula is C20H13Cl2N3O2. The first-order valence-corrected chi connectivity index (χ1v) is 8.90. The Bertz CT molecular complexity index is 1140. The highest BCUT2D eigenvalue weighted by Gasteiger charge is 2.14. The monoisotopic (exact) mass is 397 g/mol. The molecule has 5 nitrogen and oxygen atoms in total. The number of carbonyl (C=O) groups excluding carboxylic acids is 1. The van der Waals surface area contributed by atoms with Crippen molar-refractivity contribution in [3.8, 4) is 11.5 Å². The van der Waals surface area contributed by atoms with E-state index in [-0.39, 0.29) is 24.2 Å². The van der Waals surface area contributed by atoms with Crippen LogP contribution in [0.3, 0.4) is 0 Å². The van der Waals surface area contributed by atoms with Crippen molar-refractivity contribution in [2.75, 3.05) is 5.32 Å². The van der Waals surface area contributed by atoms with Crippen LogP contribution in [-0.4, -0.2) is 16.1 Å². The number of rotatable bonds is 4. The molecule has 0 saturated carbocycles. The lowest BCUT2D eigenvalue weighted by Gasteiger charge is -2.03. The number of fused-ring (bicyclic) bond motifs is 1. The second-order valence-electron chi connectivity index (χ2n) is 5.94. The molecule has 0 atom stereocenters. The van der Waals surface area contributed by atoms with Crippen LogP contribution in [0.5, 0.6) is 0 Å². The van der Waals surface area contributed by atoms with Crippen LogP contribution in [0.25, 0.3) is 22.2 Å². The number of hydrogen-bond donors (Lipinski definition) is 1. The molecule has 27 heavy (non-hydrogen) atoms. The van der Waals surface area contributed by atoms with E-state index >= 15 is 0 Å². The van der Waals surface area contributed by atoms with Crippen molar-refractivity contribution in [1.29, 1.82) is 0 Å². The summed E-state index contributed by atoms with van der Waals surface area (Å²) in [6, 6.07) is 18.8. The van der Waals surface area contributed by atoms with Crippen molar-refractivity contribution in [2.45, 2.75) is 6.42 Å². The number of benzene rings is 3. The molecule has 4 aromatic rings. The molecule has 0 aliphatic rings. The van der Waals surface area contributed by atoms with Crippen molar-refractivity contribution >= 4 is 45.9 Å². The van der Waals surface area contributed by atoms with E-state index in [1.165, 1.54) is 0 Å². The van der Waals surface area contributed by atoms with E-state index in [0.717, 1.165) is 16.3 Å². The standard InChI is InChI=1S/C20H13Cl2N3O2/c21-15-7-8-16(17(22)11-15)19-24-25-20(27-19)23-18(26)10-12-5-6-13-3-1-2-4-14(13)9-12/h1-9,11H,10H2,(H,23,25,26). The fraction of sp³-hybridized carbons (Fsp3) is 0.0500. The summed E-state index contributed by atoms with van der Waals surface area (Å²) in [6.07, 6.45) is 0.199. The van der Waals surface area contributed by atoms with Crippen LogP contribution in [0, 0.1) is 0 Å². The van der Waals surface area contributed by atoms with Gasteiger partial charge in [-0.25, -0.2) is 0 Å². The third-order valence-corrected chi connectivity index (χ3v) is 4.56. The third-order valence-electron chi connectivity index (χ3n) is 4.01. The van der Waals surface area contributed by atoms with Crippen LogP contribution in [0.4, 0.5) is 6.01 Å². The molecule has 0 unspecified atom stereocenters. The van der Waals surface area contributed by atoms with Crippen LogP contribution in [0.15, 0.2) is 65.1 Å². The number of hydrogen-bond acceptors (Lipinski definition) is 4. The molecule has 0 aliphatic carbocycles. The number of anilines is 1. The molecule has 7 heteroatoms. The Morgan fingerprint density at radius 3 is 2.59 bits per heavy atom. The van der Waals surface area contributed by atoms with E-state index in [4.69, 9.17) is 27.6 Å². The van der Waals surface area contributed by atoms with Crippen molar-refractivity contribution in [3.63, 3.8) is 0 Å². The maximum atomic E-state index is 12.3. The largest absolute Gasteiger partial charge is 0.403 e. The minimum absolute atomic E-state index is 0.0156. The van der Waals surface area contributed by atoms with Gasteiger partial charge in [-0.2, -0.15) is 0 Å². The zero-order valence-electron chi connectivity index (χ0n) is 13.9. The molecular weight excluding hydrogens is 385 g/mol. The van der Waals surface area contributed by atoms with Crippen LogP contribution in [0.1, 0.15) is 5.56 Å². The van der Waals surface area contributed by atoms with Gasteiger partial charge in [0.15, 0.2) is 0 Å². The minimum Gasteiger partial charge on any atom is -0.403 e. The predicted octanol–water partition coefficient (Wildman–Crippen LogP) is 5.38. The highest BCUT2D eigenvalue weighted by molar-refractivity contribution is 6.36.